The van der Waals surface area contributed by atoms with E-state index in [0.29, 0.717) is 17.8 Å². The first-order valence-electron chi connectivity index (χ1n) is 7.04. The molecule has 24 heavy (non-hydrogen) atoms. The molecule has 0 saturated carbocycles. The number of benzene rings is 1. The molecule has 1 aromatic carbocycles. The van der Waals surface area contributed by atoms with Gasteiger partial charge in [-0.15, -0.1) is 0 Å². The summed E-state index contributed by atoms with van der Waals surface area (Å²) < 4.78 is 37.3. The molecule has 1 heterocycles. The van der Waals surface area contributed by atoms with Crippen LogP contribution in [0.1, 0.15) is 33.3 Å². The summed E-state index contributed by atoms with van der Waals surface area (Å²) in [6, 6.07) is 7.99. The number of hydrogen-bond acceptors (Lipinski definition) is 3. The lowest BCUT2D eigenvalue weighted by Crippen LogP contribution is -2.22. The summed E-state index contributed by atoms with van der Waals surface area (Å²) in [5.41, 5.74) is -0.382. The first-order chi connectivity index (χ1) is 11.3. The first kappa shape index (κ1) is 17.5. The van der Waals surface area contributed by atoms with Crippen LogP contribution in [-0.4, -0.2) is 23.3 Å². The number of anilines is 1. The van der Waals surface area contributed by atoms with Crippen molar-refractivity contribution in [3.8, 4) is 0 Å². The predicted octanol–water partition coefficient (Wildman–Crippen LogP) is 3.10. The van der Waals surface area contributed by atoms with Gasteiger partial charge in [-0.05, 0) is 37.3 Å². The van der Waals surface area contributed by atoms with E-state index in [1.807, 2.05) is 0 Å². The molecule has 0 atom stereocenters. The molecule has 0 aliphatic carbocycles. The van der Waals surface area contributed by atoms with Crippen molar-refractivity contribution in [3.05, 3.63) is 59.4 Å². The van der Waals surface area contributed by atoms with Crippen molar-refractivity contribution in [1.29, 1.82) is 0 Å². The van der Waals surface area contributed by atoms with Crippen molar-refractivity contribution >= 4 is 17.5 Å². The van der Waals surface area contributed by atoms with E-state index in [-0.39, 0.29) is 11.5 Å². The normalized spacial score (nSPS) is 11.0. The van der Waals surface area contributed by atoms with Crippen LogP contribution in [0, 0.1) is 0 Å². The lowest BCUT2D eigenvalue weighted by molar-refractivity contribution is -0.141. The minimum Gasteiger partial charge on any atom is -0.352 e. The van der Waals surface area contributed by atoms with Gasteiger partial charge in [0.2, 0.25) is 0 Å². The van der Waals surface area contributed by atoms with E-state index in [0.717, 1.165) is 18.3 Å². The third-order valence-corrected chi connectivity index (χ3v) is 3.04. The van der Waals surface area contributed by atoms with Crippen LogP contribution in [-0.2, 0) is 6.18 Å². The maximum atomic E-state index is 12.4. The summed E-state index contributed by atoms with van der Waals surface area (Å²) >= 11 is 0. The average molecular weight is 337 g/mol. The fourth-order valence-electron chi connectivity index (χ4n) is 1.90. The van der Waals surface area contributed by atoms with Crippen LogP contribution >= 0.6 is 0 Å². The van der Waals surface area contributed by atoms with Crippen molar-refractivity contribution in [2.75, 3.05) is 11.9 Å². The van der Waals surface area contributed by atoms with Crippen molar-refractivity contribution in [2.45, 2.75) is 13.1 Å². The lowest BCUT2D eigenvalue weighted by Gasteiger charge is -2.09. The van der Waals surface area contributed by atoms with Crippen LogP contribution in [0.15, 0.2) is 42.6 Å². The molecule has 0 aliphatic rings. The van der Waals surface area contributed by atoms with Gasteiger partial charge in [-0.25, -0.2) is 0 Å². The van der Waals surface area contributed by atoms with E-state index in [1.54, 1.807) is 25.1 Å². The predicted molar refractivity (Wildman–Crippen MR) is 81.6 cm³/mol. The fourth-order valence-corrected chi connectivity index (χ4v) is 1.90. The van der Waals surface area contributed by atoms with Crippen LogP contribution in [0.25, 0.3) is 0 Å². The van der Waals surface area contributed by atoms with E-state index in [9.17, 15) is 22.8 Å². The third-order valence-electron chi connectivity index (χ3n) is 3.04. The maximum Gasteiger partial charge on any atom is 0.433 e. The highest BCUT2D eigenvalue weighted by atomic mass is 19.4. The Labute approximate surface area is 135 Å². The van der Waals surface area contributed by atoms with Crippen molar-refractivity contribution in [2.24, 2.45) is 0 Å². The molecule has 2 N–H and O–H groups in total. The molecular weight excluding hydrogens is 323 g/mol. The van der Waals surface area contributed by atoms with E-state index >= 15 is 0 Å². The zero-order valence-corrected chi connectivity index (χ0v) is 12.6. The Morgan fingerprint density at radius 3 is 2.42 bits per heavy atom. The second-order valence-corrected chi connectivity index (χ2v) is 4.82. The number of nitrogens with zero attached hydrogens (tertiary/aromatic N) is 1. The van der Waals surface area contributed by atoms with Gasteiger partial charge in [-0.2, -0.15) is 13.2 Å². The molecule has 1 aromatic heterocycles. The molecule has 0 saturated heterocycles. The second-order valence-electron chi connectivity index (χ2n) is 4.82. The molecule has 5 nitrogen and oxygen atoms in total. The van der Waals surface area contributed by atoms with Crippen LogP contribution in [0.2, 0.25) is 0 Å². The molecular formula is C16H14F3N3O2. The van der Waals surface area contributed by atoms with E-state index in [4.69, 9.17) is 0 Å². The fraction of sp³-hybridized carbons (Fsp3) is 0.188. The molecule has 0 spiro atoms. The van der Waals surface area contributed by atoms with Gasteiger partial charge in [0.25, 0.3) is 11.8 Å². The summed E-state index contributed by atoms with van der Waals surface area (Å²) in [4.78, 5) is 27.0. The number of amides is 2. The zero-order valence-electron chi connectivity index (χ0n) is 12.6. The summed E-state index contributed by atoms with van der Waals surface area (Å²) in [6.45, 7) is 2.24. The monoisotopic (exact) mass is 337 g/mol. The van der Waals surface area contributed by atoms with E-state index in [1.165, 1.54) is 6.07 Å². The minimum absolute atomic E-state index is 0.0218. The van der Waals surface area contributed by atoms with Crippen molar-refractivity contribution < 1.29 is 22.8 Å². The van der Waals surface area contributed by atoms with Gasteiger partial charge in [0.1, 0.15) is 5.69 Å². The Morgan fingerprint density at radius 1 is 1.08 bits per heavy atom. The molecule has 0 radical (unpaired) electrons. The molecule has 2 aromatic rings. The summed E-state index contributed by atoms with van der Waals surface area (Å²) in [7, 11) is 0. The highest BCUT2D eigenvalue weighted by molar-refractivity contribution is 6.05. The smallest absolute Gasteiger partial charge is 0.352 e. The number of aromatic nitrogens is 1. The van der Waals surface area contributed by atoms with Crippen molar-refractivity contribution in [3.63, 3.8) is 0 Å². The molecule has 0 aliphatic heterocycles. The van der Waals surface area contributed by atoms with E-state index in [2.05, 4.69) is 15.6 Å². The number of carbonyl (C=O) groups is 2. The van der Waals surface area contributed by atoms with E-state index < -0.39 is 17.8 Å². The van der Waals surface area contributed by atoms with Gasteiger partial charge in [-0.3, -0.25) is 14.6 Å². The maximum absolute atomic E-state index is 12.4. The first-order valence-corrected chi connectivity index (χ1v) is 7.04. The molecule has 2 amide bonds. The summed E-state index contributed by atoms with van der Waals surface area (Å²) in [6.07, 6.45) is -3.71. The van der Waals surface area contributed by atoms with Crippen LogP contribution in [0.4, 0.5) is 18.9 Å². The van der Waals surface area contributed by atoms with Crippen LogP contribution < -0.4 is 10.6 Å². The quantitative estimate of drug-likeness (QED) is 0.900. The molecule has 8 heteroatoms. The zero-order chi connectivity index (χ0) is 17.7. The number of rotatable bonds is 4. The van der Waals surface area contributed by atoms with Gasteiger partial charge < -0.3 is 10.6 Å². The number of carbonyl (C=O) groups excluding carboxylic acids is 2. The Hall–Kier alpha value is -2.90. The van der Waals surface area contributed by atoms with Crippen molar-refractivity contribution in [1.82, 2.24) is 10.3 Å². The summed E-state index contributed by atoms with van der Waals surface area (Å²) in [5, 5.41) is 5.14. The lowest BCUT2D eigenvalue weighted by atomic mass is 10.1. The molecule has 0 bridgehead atoms. The Kier molecular flexibility index (Phi) is 5.18. The van der Waals surface area contributed by atoms with Gasteiger partial charge in [-0.1, -0.05) is 6.07 Å². The second kappa shape index (κ2) is 7.12. The van der Waals surface area contributed by atoms with Gasteiger partial charge in [0.15, 0.2) is 0 Å². The molecule has 0 unspecified atom stereocenters. The third kappa shape index (κ3) is 4.31. The highest BCUT2D eigenvalue weighted by Gasteiger charge is 2.32. The largest absolute Gasteiger partial charge is 0.433 e. The number of halogens is 3. The SMILES string of the molecule is CCNC(=O)c1cccc(NC(=O)c2ccc(C(F)(F)F)nc2)c1. The standard InChI is InChI=1S/C16H14F3N3O2/c1-2-20-14(23)10-4-3-5-12(8-10)22-15(24)11-6-7-13(21-9-11)16(17,18)19/h3-9H,2H2,1H3,(H,20,23)(H,22,24). The highest BCUT2D eigenvalue weighted by Crippen LogP contribution is 2.27. The Morgan fingerprint density at radius 2 is 1.83 bits per heavy atom. The molecule has 0 fully saturated rings. The van der Waals surface area contributed by atoms with Gasteiger partial charge in [0.05, 0.1) is 5.56 Å². The minimum atomic E-state index is -4.56. The van der Waals surface area contributed by atoms with Crippen LogP contribution in [0.3, 0.4) is 0 Å². The van der Waals surface area contributed by atoms with Gasteiger partial charge in [0, 0.05) is 24.0 Å². The number of alkyl halides is 3. The molecule has 126 valence electrons. The topological polar surface area (TPSA) is 71.1 Å². The number of hydrogen-bond donors (Lipinski definition) is 2. The molecule has 2 rings (SSSR count). The number of pyridine rings is 1. The Bertz CT molecular complexity index is 743. The Balaban J connectivity index is 2.12. The van der Waals surface area contributed by atoms with Crippen LogP contribution in [0.5, 0.6) is 0 Å². The van der Waals surface area contributed by atoms with Gasteiger partial charge >= 0.3 is 6.18 Å². The average Bonchev–Trinajstić information content (AvgIpc) is 2.54. The number of nitrogens with one attached hydrogen (secondary N) is 2. The summed E-state index contributed by atoms with van der Waals surface area (Å²) in [5.74, 6) is -0.908.